The predicted octanol–water partition coefficient (Wildman–Crippen LogP) is 3.25. The molecular formula is C18H13N3O2. The predicted molar refractivity (Wildman–Crippen MR) is 87.4 cm³/mol. The molecule has 0 unspecified atom stereocenters. The van der Waals surface area contributed by atoms with Crippen molar-refractivity contribution in [2.24, 2.45) is 0 Å². The first-order valence-electron chi connectivity index (χ1n) is 7.01. The fourth-order valence-corrected chi connectivity index (χ4v) is 2.47. The van der Waals surface area contributed by atoms with Gasteiger partial charge in [-0.3, -0.25) is 9.78 Å². The molecule has 2 N–H and O–H groups in total. The van der Waals surface area contributed by atoms with Crippen LogP contribution in [0.25, 0.3) is 22.6 Å². The second kappa shape index (κ2) is 6.16. The number of H-pyrrole nitrogens is 1. The van der Waals surface area contributed by atoms with Gasteiger partial charge in [-0.05, 0) is 35.4 Å². The number of aliphatic carboxylic acids is 1. The highest BCUT2D eigenvalue weighted by molar-refractivity contribution is 6.01. The summed E-state index contributed by atoms with van der Waals surface area (Å²) in [6.45, 7) is 0. The highest BCUT2D eigenvalue weighted by atomic mass is 16.4. The van der Waals surface area contributed by atoms with Gasteiger partial charge in [-0.25, -0.2) is 0 Å². The number of carbonyl (C=O) groups is 1. The van der Waals surface area contributed by atoms with E-state index in [1.54, 1.807) is 36.8 Å². The van der Waals surface area contributed by atoms with Gasteiger partial charge in [0.1, 0.15) is 0 Å². The summed E-state index contributed by atoms with van der Waals surface area (Å²) in [6, 6.07) is 11.3. The van der Waals surface area contributed by atoms with Gasteiger partial charge in [0.25, 0.3) is 0 Å². The van der Waals surface area contributed by atoms with E-state index in [1.807, 2.05) is 18.2 Å². The number of nitriles is 1. The Kier molecular flexibility index (Phi) is 3.89. The first-order valence-corrected chi connectivity index (χ1v) is 7.01. The summed E-state index contributed by atoms with van der Waals surface area (Å²) in [7, 11) is 0. The number of allylic oxidation sites excluding steroid dienone is 1. The molecule has 5 heteroatoms. The Hall–Kier alpha value is -3.39. The monoisotopic (exact) mass is 303 g/mol. The molecule has 0 aliphatic carbocycles. The first kappa shape index (κ1) is 14.5. The van der Waals surface area contributed by atoms with Crippen LogP contribution in [0.15, 0.2) is 48.9 Å². The molecule has 0 saturated heterocycles. The number of aromatic amines is 1. The molecule has 112 valence electrons. The van der Waals surface area contributed by atoms with E-state index in [2.05, 4.69) is 16.0 Å². The Morgan fingerprint density at radius 3 is 2.96 bits per heavy atom. The molecule has 0 atom stereocenters. The first-order chi connectivity index (χ1) is 11.2. The van der Waals surface area contributed by atoms with Crippen LogP contribution in [-0.2, 0) is 11.2 Å². The van der Waals surface area contributed by atoms with Gasteiger partial charge in [-0.2, -0.15) is 5.26 Å². The van der Waals surface area contributed by atoms with E-state index in [0.29, 0.717) is 11.1 Å². The lowest BCUT2D eigenvalue weighted by Crippen LogP contribution is -1.99. The zero-order valence-electron chi connectivity index (χ0n) is 12.2. The number of aromatic nitrogens is 2. The van der Waals surface area contributed by atoms with Crippen molar-refractivity contribution in [1.82, 2.24) is 9.97 Å². The molecule has 0 aliphatic rings. The summed E-state index contributed by atoms with van der Waals surface area (Å²) < 4.78 is 0. The van der Waals surface area contributed by atoms with E-state index in [0.717, 1.165) is 22.0 Å². The summed E-state index contributed by atoms with van der Waals surface area (Å²) in [4.78, 5) is 18.0. The van der Waals surface area contributed by atoms with E-state index in [-0.39, 0.29) is 6.42 Å². The lowest BCUT2D eigenvalue weighted by molar-refractivity contribution is -0.136. The molecule has 5 nitrogen and oxygen atoms in total. The van der Waals surface area contributed by atoms with E-state index < -0.39 is 5.97 Å². The number of rotatable bonds is 4. The lowest BCUT2D eigenvalue weighted by Gasteiger charge is -2.01. The number of nitrogens with zero attached hydrogens (tertiary/aromatic N) is 2. The largest absolute Gasteiger partial charge is 0.481 e. The minimum Gasteiger partial charge on any atom is -0.481 e. The molecule has 0 aliphatic heterocycles. The maximum absolute atomic E-state index is 10.9. The van der Waals surface area contributed by atoms with Gasteiger partial charge in [-0.15, -0.1) is 0 Å². The molecule has 23 heavy (non-hydrogen) atoms. The fourth-order valence-electron chi connectivity index (χ4n) is 2.47. The molecular weight excluding hydrogens is 290 g/mol. The summed E-state index contributed by atoms with van der Waals surface area (Å²) in [6.07, 6.45) is 6.84. The molecule has 0 fully saturated rings. The van der Waals surface area contributed by atoms with Gasteiger partial charge in [0, 0.05) is 35.1 Å². The molecule has 2 heterocycles. The van der Waals surface area contributed by atoms with Gasteiger partial charge in [0.2, 0.25) is 0 Å². The molecule has 2 aromatic heterocycles. The average Bonchev–Trinajstić information content (AvgIpc) is 2.96. The minimum absolute atomic E-state index is 0.0469. The van der Waals surface area contributed by atoms with E-state index in [4.69, 9.17) is 5.11 Å². The van der Waals surface area contributed by atoms with Crippen molar-refractivity contribution in [1.29, 1.82) is 5.26 Å². The van der Waals surface area contributed by atoms with Crippen LogP contribution < -0.4 is 0 Å². The second-order valence-electron chi connectivity index (χ2n) is 5.11. The van der Waals surface area contributed by atoms with Crippen molar-refractivity contribution in [3.63, 3.8) is 0 Å². The Balaban J connectivity index is 2.09. The van der Waals surface area contributed by atoms with Gasteiger partial charge in [0.05, 0.1) is 18.1 Å². The van der Waals surface area contributed by atoms with Crippen molar-refractivity contribution < 1.29 is 9.90 Å². The summed E-state index contributed by atoms with van der Waals surface area (Å²) in [5.74, 6) is -0.882. The number of nitrogens with one attached hydrogen (secondary N) is 1. The molecule has 3 rings (SSSR count). The SMILES string of the molecule is N#CC(=Cc1cccnc1)c1c[nH]c2ccc(CC(=O)O)cc12. The average molecular weight is 303 g/mol. The smallest absolute Gasteiger partial charge is 0.307 e. The maximum atomic E-state index is 10.9. The Labute approximate surface area is 132 Å². The molecule has 1 aromatic carbocycles. The van der Waals surface area contributed by atoms with Crippen LogP contribution in [0.4, 0.5) is 0 Å². The Morgan fingerprint density at radius 2 is 2.26 bits per heavy atom. The van der Waals surface area contributed by atoms with Crippen molar-refractivity contribution in [2.75, 3.05) is 0 Å². The standard InChI is InChI=1S/C18H13N3O2/c19-9-14(6-13-2-1-5-20-10-13)16-11-21-17-4-3-12(7-15(16)17)8-18(22)23/h1-7,10-11,21H,8H2,(H,22,23). The molecule has 0 saturated carbocycles. The van der Waals surface area contributed by atoms with Crippen molar-refractivity contribution in [3.05, 3.63) is 65.6 Å². The fraction of sp³-hybridized carbons (Fsp3) is 0.0556. The van der Waals surface area contributed by atoms with Crippen molar-refractivity contribution in [3.8, 4) is 6.07 Å². The van der Waals surface area contributed by atoms with Crippen LogP contribution in [0.1, 0.15) is 16.7 Å². The third-order valence-electron chi connectivity index (χ3n) is 3.51. The van der Waals surface area contributed by atoms with Gasteiger partial charge in [0.15, 0.2) is 0 Å². The number of pyridine rings is 1. The third-order valence-corrected chi connectivity index (χ3v) is 3.51. The van der Waals surface area contributed by atoms with Crippen LogP contribution in [0.3, 0.4) is 0 Å². The van der Waals surface area contributed by atoms with Gasteiger partial charge < -0.3 is 10.1 Å². The Morgan fingerprint density at radius 1 is 1.39 bits per heavy atom. The highest BCUT2D eigenvalue weighted by Gasteiger charge is 2.10. The highest BCUT2D eigenvalue weighted by Crippen LogP contribution is 2.27. The number of carboxylic acid groups (broad SMARTS) is 1. The third kappa shape index (κ3) is 3.11. The summed E-state index contributed by atoms with van der Waals surface area (Å²) in [5, 5.41) is 19.3. The second-order valence-corrected chi connectivity index (χ2v) is 5.11. The van der Waals surface area contributed by atoms with Gasteiger partial charge >= 0.3 is 5.97 Å². The maximum Gasteiger partial charge on any atom is 0.307 e. The van der Waals surface area contributed by atoms with E-state index in [1.165, 1.54) is 0 Å². The van der Waals surface area contributed by atoms with Crippen LogP contribution >= 0.6 is 0 Å². The van der Waals surface area contributed by atoms with Gasteiger partial charge in [-0.1, -0.05) is 12.1 Å². The number of carboxylic acids is 1. The van der Waals surface area contributed by atoms with E-state index >= 15 is 0 Å². The number of fused-ring (bicyclic) bond motifs is 1. The minimum atomic E-state index is -0.882. The lowest BCUT2D eigenvalue weighted by atomic mass is 10.0. The number of benzene rings is 1. The quantitative estimate of drug-likeness (QED) is 0.724. The van der Waals surface area contributed by atoms with Crippen LogP contribution in [-0.4, -0.2) is 21.0 Å². The number of hydrogen-bond donors (Lipinski definition) is 2. The Bertz CT molecular complexity index is 934. The van der Waals surface area contributed by atoms with E-state index in [9.17, 15) is 10.1 Å². The van der Waals surface area contributed by atoms with Crippen molar-refractivity contribution >= 4 is 28.5 Å². The summed E-state index contributed by atoms with van der Waals surface area (Å²) >= 11 is 0. The topological polar surface area (TPSA) is 89.8 Å². The van der Waals surface area contributed by atoms with Crippen LogP contribution in [0, 0.1) is 11.3 Å². The van der Waals surface area contributed by atoms with Crippen LogP contribution in [0.2, 0.25) is 0 Å². The zero-order chi connectivity index (χ0) is 16.2. The summed E-state index contributed by atoms with van der Waals surface area (Å²) in [5.41, 5.74) is 3.64. The normalized spacial score (nSPS) is 11.3. The molecule has 0 radical (unpaired) electrons. The van der Waals surface area contributed by atoms with Crippen LogP contribution in [0.5, 0.6) is 0 Å². The molecule has 0 bridgehead atoms. The molecule has 3 aromatic rings. The number of hydrogen-bond acceptors (Lipinski definition) is 3. The molecule has 0 amide bonds. The zero-order valence-corrected chi connectivity index (χ0v) is 12.2. The van der Waals surface area contributed by atoms with Crippen molar-refractivity contribution in [2.45, 2.75) is 6.42 Å². The molecule has 0 spiro atoms.